The Morgan fingerprint density at radius 1 is 1.36 bits per heavy atom. The first-order valence-corrected chi connectivity index (χ1v) is 4.32. The number of rotatable bonds is 3. The molecular formula is C8H12N4O2. The number of benzene rings is 1. The van der Waals surface area contributed by atoms with Gasteiger partial charge in [-0.3, -0.25) is 10.6 Å². The van der Waals surface area contributed by atoms with Crippen molar-refractivity contribution in [2.75, 3.05) is 23.7 Å². The zero-order valence-electron chi connectivity index (χ0n) is 7.51. The van der Waals surface area contributed by atoms with E-state index in [9.17, 15) is 5.21 Å². The minimum atomic E-state index is 0.00235. The number of nitrogens with zero attached hydrogens (tertiary/aromatic N) is 2. The average Bonchev–Trinajstić information content (AvgIpc) is 2.54. The Balaban J connectivity index is 2.09. The van der Waals surface area contributed by atoms with Crippen LogP contribution in [0.1, 0.15) is 0 Å². The molecule has 0 saturated carbocycles. The maximum Gasteiger partial charge on any atom is 0.110 e. The van der Waals surface area contributed by atoms with Crippen LogP contribution in [0.25, 0.3) is 0 Å². The smallest absolute Gasteiger partial charge is 0.110 e. The van der Waals surface area contributed by atoms with Crippen molar-refractivity contribution < 1.29 is 10.3 Å². The van der Waals surface area contributed by atoms with Crippen LogP contribution in [0.4, 0.5) is 11.4 Å². The summed E-state index contributed by atoms with van der Waals surface area (Å²) in [6.45, 7) is 0.362. The van der Waals surface area contributed by atoms with Crippen LogP contribution in [-0.4, -0.2) is 28.7 Å². The topological polar surface area (TPSA) is 71.0 Å². The molecule has 14 heavy (non-hydrogen) atoms. The maximum absolute atomic E-state index is 9.62. The van der Waals surface area contributed by atoms with Crippen molar-refractivity contribution in [2.24, 2.45) is 0 Å². The van der Waals surface area contributed by atoms with Gasteiger partial charge < -0.3 is 5.11 Å². The van der Waals surface area contributed by atoms with Crippen LogP contribution in [0.2, 0.25) is 0 Å². The van der Waals surface area contributed by atoms with E-state index in [1.165, 1.54) is 5.23 Å². The third-order valence-electron chi connectivity index (χ3n) is 1.91. The van der Waals surface area contributed by atoms with Gasteiger partial charge in [-0.05, 0) is 17.4 Å². The zero-order valence-corrected chi connectivity index (χ0v) is 7.51. The minimum Gasteiger partial charge on any atom is -0.395 e. The van der Waals surface area contributed by atoms with Gasteiger partial charge in [-0.25, -0.2) is 5.43 Å². The monoisotopic (exact) mass is 196 g/mol. The molecule has 0 atom stereocenters. The fourth-order valence-electron chi connectivity index (χ4n) is 1.27. The molecule has 0 radical (unpaired) electrons. The zero-order chi connectivity index (χ0) is 9.97. The van der Waals surface area contributed by atoms with Crippen LogP contribution in [-0.2, 0) is 0 Å². The lowest BCUT2D eigenvalue weighted by Crippen LogP contribution is -2.50. The molecule has 2 rings (SSSR count). The van der Waals surface area contributed by atoms with Gasteiger partial charge in [0.05, 0.1) is 12.3 Å². The van der Waals surface area contributed by atoms with Crippen molar-refractivity contribution >= 4 is 11.4 Å². The second kappa shape index (κ2) is 3.81. The van der Waals surface area contributed by atoms with Crippen LogP contribution in [0.15, 0.2) is 24.3 Å². The summed E-state index contributed by atoms with van der Waals surface area (Å²) in [7, 11) is 0. The Morgan fingerprint density at radius 2 is 2.14 bits per heavy atom. The quantitative estimate of drug-likeness (QED) is 0.543. The Morgan fingerprint density at radius 3 is 2.86 bits per heavy atom. The molecule has 0 spiro atoms. The van der Waals surface area contributed by atoms with E-state index in [-0.39, 0.29) is 6.61 Å². The summed E-state index contributed by atoms with van der Waals surface area (Å²) in [5.74, 6) is 0. The molecule has 76 valence electrons. The molecule has 1 heterocycles. The normalized spacial score (nSPS) is 15.4. The van der Waals surface area contributed by atoms with Gasteiger partial charge in [-0.1, -0.05) is 12.1 Å². The van der Waals surface area contributed by atoms with E-state index in [1.807, 2.05) is 18.2 Å². The number of aliphatic hydroxyl groups is 1. The van der Waals surface area contributed by atoms with Crippen molar-refractivity contribution in [2.45, 2.75) is 0 Å². The summed E-state index contributed by atoms with van der Waals surface area (Å²) in [6, 6.07) is 7.33. The second-order valence-corrected chi connectivity index (χ2v) is 2.86. The molecule has 1 aromatic rings. The summed E-state index contributed by atoms with van der Waals surface area (Å²) in [6.07, 6.45) is 0. The van der Waals surface area contributed by atoms with Crippen LogP contribution < -0.4 is 16.0 Å². The Kier molecular flexibility index (Phi) is 2.51. The summed E-state index contributed by atoms with van der Waals surface area (Å²) < 4.78 is 0. The number of nitrogens with one attached hydrogen (secondary N) is 2. The molecule has 0 saturated heterocycles. The molecule has 1 aliphatic rings. The van der Waals surface area contributed by atoms with Crippen molar-refractivity contribution in [1.29, 1.82) is 0 Å². The third kappa shape index (κ3) is 1.51. The fraction of sp³-hybridized carbons (Fsp3) is 0.250. The van der Waals surface area contributed by atoms with E-state index in [0.717, 1.165) is 10.9 Å². The number of hydrogen-bond donors (Lipinski definition) is 4. The SMILES string of the molecule is OCCNN1Nc2ccccc2N1O. The molecule has 6 nitrogen and oxygen atoms in total. The van der Waals surface area contributed by atoms with Crippen LogP contribution >= 0.6 is 0 Å². The summed E-state index contributed by atoms with van der Waals surface area (Å²) in [5.41, 5.74) is 7.15. The highest BCUT2D eigenvalue weighted by atomic mass is 16.6. The number of hydrogen-bond acceptors (Lipinski definition) is 6. The third-order valence-corrected chi connectivity index (χ3v) is 1.91. The number of aliphatic hydroxyl groups excluding tert-OH is 1. The molecular weight excluding hydrogens is 184 g/mol. The lowest BCUT2D eigenvalue weighted by molar-refractivity contribution is 0.0513. The number of para-hydroxylation sites is 2. The van der Waals surface area contributed by atoms with Crippen LogP contribution in [0.5, 0.6) is 0 Å². The first-order valence-electron chi connectivity index (χ1n) is 4.32. The predicted octanol–water partition coefficient (Wildman–Crippen LogP) is -0.0634. The highest BCUT2D eigenvalue weighted by molar-refractivity contribution is 5.71. The van der Waals surface area contributed by atoms with E-state index in [0.29, 0.717) is 12.2 Å². The van der Waals surface area contributed by atoms with E-state index in [2.05, 4.69) is 10.9 Å². The first-order chi connectivity index (χ1) is 6.83. The molecule has 0 amide bonds. The van der Waals surface area contributed by atoms with E-state index in [4.69, 9.17) is 5.11 Å². The van der Waals surface area contributed by atoms with Gasteiger partial charge in [-0.15, -0.1) is 5.17 Å². The highest BCUT2D eigenvalue weighted by Gasteiger charge is 2.24. The van der Waals surface area contributed by atoms with Crippen molar-refractivity contribution in [3.8, 4) is 0 Å². The van der Waals surface area contributed by atoms with Gasteiger partial charge in [0.2, 0.25) is 0 Å². The molecule has 4 N–H and O–H groups in total. The number of fused-ring (bicyclic) bond motifs is 1. The molecule has 6 heteroatoms. The number of hydrazine groups is 3. The van der Waals surface area contributed by atoms with Gasteiger partial charge >= 0.3 is 0 Å². The molecule has 1 aliphatic heterocycles. The summed E-state index contributed by atoms with van der Waals surface area (Å²) >= 11 is 0. The molecule has 0 bridgehead atoms. The summed E-state index contributed by atoms with van der Waals surface area (Å²) in [5, 5.41) is 20.5. The van der Waals surface area contributed by atoms with Crippen LogP contribution in [0, 0.1) is 0 Å². The Hall–Kier alpha value is -1.34. The Labute approximate surface area is 81.2 Å². The molecule has 0 aromatic heterocycles. The largest absolute Gasteiger partial charge is 0.395 e. The molecule has 0 unspecified atom stereocenters. The lowest BCUT2D eigenvalue weighted by atomic mass is 10.3. The molecule has 0 aliphatic carbocycles. The second-order valence-electron chi connectivity index (χ2n) is 2.86. The van der Waals surface area contributed by atoms with Crippen molar-refractivity contribution in [3.63, 3.8) is 0 Å². The van der Waals surface area contributed by atoms with Crippen molar-refractivity contribution in [1.82, 2.24) is 10.7 Å². The van der Waals surface area contributed by atoms with Gasteiger partial charge in [0.15, 0.2) is 0 Å². The van der Waals surface area contributed by atoms with Crippen LogP contribution in [0.3, 0.4) is 0 Å². The highest BCUT2D eigenvalue weighted by Crippen LogP contribution is 2.30. The first kappa shape index (κ1) is 9.22. The summed E-state index contributed by atoms with van der Waals surface area (Å²) in [4.78, 5) is 0. The Bertz CT molecular complexity index is 320. The van der Waals surface area contributed by atoms with Gasteiger partial charge in [0.25, 0.3) is 0 Å². The maximum atomic E-state index is 9.62. The van der Waals surface area contributed by atoms with Gasteiger partial charge in [0, 0.05) is 6.54 Å². The average molecular weight is 196 g/mol. The fourth-order valence-corrected chi connectivity index (χ4v) is 1.27. The van der Waals surface area contributed by atoms with E-state index in [1.54, 1.807) is 6.07 Å². The number of anilines is 2. The standard InChI is InChI=1S/C8H12N4O2/c13-6-5-9-12-10-7-3-1-2-4-8(7)11(12)14/h1-4,9-10,13-14H,5-6H2. The van der Waals surface area contributed by atoms with Crippen molar-refractivity contribution in [3.05, 3.63) is 24.3 Å². The molecule has 0 fully saturated rings. The lowest BCUT2D eigenvalue weighted by Gasteiger charge is -2.22. The van der Waals surface area contributed by atoms with Gasteiger partial charge in [-0.2, -0.15) is 0 Å². The van der Waals surface area contributed by atoms with E-state index < -0.39 is 0 Å². The minimum absolute atomic E-state index is 0.00235. The van der Waals surface area contributed by atoms with E-state index >= 15 is 0 Å². The molecule has 1 aromatic carbocycles. The van der Waals surface area contributed by atoms with Gasteiger partial charge in [0.1, 0.15) is 5.69 Å². The predicted molar refractivity (Wildman–Crippen MR) is 51.3 cm³/mol.